The highest BCUT2D eigenvalue weighted by Gasteiger charge is 2.44. The van der Waals surface area contributed by atoms with Crippen molar-refractivity contribution in [1.82, 2.24) is 24.5 Å². The fourth-order valence-corrected chi connectivity index (χ4v) is 5.91. The topological polar surface area (TPSA) is 197 Å². The minimum Gasteiger partial charge on any atom is -0.445 e. The molecular weight excluding hydrogens is 780 g/mol. The molecule has 1 saturated heterocycles. The second-order valence-corrected chi connectivity index (χ2v) is 15.4. The van der Waals surface area contributed by atoms with Gasteiger partial charge in [-0.2, -0.15) is 0 Å². The van der Waals surface area contributed by atoms with E-state index in [9.17, 15) is 28.8 Å². The van der Waals surface area contributed by atoms with Crippen LogP contribution >= 0.6 is 0 Å². The third-order valence-electron chi connectivity index (χ3n) is 9.83. The van der Waals surface area contributed by atoms with E-state index in [0.29, 0.717) is 5.56 Å². The average Bonchev–Trinajstić information content (AvgIpc) is 3.52. The first-order valence-electron chi connectivity index (χ1n) is 20.0. The van der Waals surface area contributed by atoms with Crippen LogP contribution in [0.3, 0.4) is 0 Å². The zero-order chi connectivity index (χ0) is 44.2. The van der Waals surface area contributed by atoms with Crippen molar-refractivity contribution in [3.8, 4) is 5.75 Å². The third-order valence-corrected chi connectivity index (χ3v) is 9.83. The molecule has 18 heteroatoms. The number of imide groups is 1. The van der Waals surface area contributed by atoms with E-state index < -0.39 is 18.3 Å². The summed E-state index contributed by atoms with van der Waals surface area (Å²) >= 11 is 0. The molecule has 0 saturated carbocycles. The van der Waals surface area contributed by atoms with Crippen molar-refractivity contribution in [2.24, 2.45) is 11.3 Å². The summed E-state index contributed by atoms with van der Waals surface area (Å²) in [4.78, 5) is 82.7. The van der Waals surface area contributed by atoms with Gasteiger partial charge < -0.3 is 53.7 Å². The Hall–Kier alpha value is -5.46. The molecule has 3 rings (SSSR count). The number of ether oxygens (including phenoxy) is 5. The molecule has 2 aromatic carbocycles. The lowest BCUT2D eigenvalue weighted by Crippen LogP contribution is -2.42. The minimum absolute atomic E-state index is 0.0573. The number of rotatable bonds is 23. The second kappa shape index (κ2) is 24.6. The van der Waals surface area contributed by atoms with Gasteiger partial charge in [-0.3, -0.25) is 19.3 Å². The minimum atomic E-state index is -0.676. The zero-order valence-electron chi connectivity index (χ0n) is 36.0. The lowest BCUT2D eigenvalue weighted by Gasteiger charge is -2.25. The van der Waals surface area contributed by atoms with Crippen molar-refractivity contribution in [1.29, 1.82) is 0 Å². The number of carbonyl (C=O) groups excluding carboxylic acids is 6. The number of hydrogen-bond acceptors (Lipinski definition) is 13. The molecule has 0 spiro atoms. The highest BCUT2D eigenvalue weighted by atomic mass is 16.6. The summed E-state index contributed by atoms with van der Waals surface area (Å²) in [6, 6.07) is 13.9. The van der Waals surface area contributed by atoms with E-state index in [2.05, 4.69) is 5.32 Å². The van der Waals surface area contributed by atoms with Crippen LogP contribution in [0, 0.1) is 11.3 Å². The Labute approximate surface area is 352 Å². The molecule has 6 amide bonds. The van der Waals surface area contributed by atoms with Crippen molar-refractivity contribution in [3.05, 3.63) is 59.7 Å². The van der Waals surface area contributed by atoms with Crippen LogP contribution in [0.25, 0.3) is 0 Å². The van der Waals surface area contributed by atoms with Gasteiger partial charge in [0, 0.05) is 79.4 Å². The largest absolute Gasteiger partial charge is 0.445 e. The molecule has 2 aromatic rings. The summed E-state index contributed by atoms with van der Waals surface area (Å²) in [5.41, 5.74) is 2.09. The Morgan fingerprint density at radius 2 is 1.25 bits per heavy atom. The van der Waals surface area contributed by atoms with E-state index in [1.165, 1.54) is 31.4 Å². The Morgan fingerprint density at radius 3 is 1.75 bits per heavy atom. The number of carbonyl (C=O) groups is 6. The van der Waals surface area contributed by atoms with Crippen LogP contribution in [0.4, 0.5) is 20.1 Å². The maximum absolute atomic E-state index is 13.2. The van der Waals surface area contributed by atoms with Crippen LogP contribution in [-0.2, 0) is 46.5 Å². The smallest absolute Gasteiger partial charge is 0.415 e. The number of benzene rings is 2. The molecule has 1 atom stereocenters. The molecular formula is C42H62N6O12. The van der Waals surface area contributed by atoms with Gasteiger partial charge in [0.1, 0.15) is 19.0 Å². The number of nitrogens with zero attached hydrogens (tertiary/aromatic N) is 5. The van der Waals surface area contributed by atoms with Gasteiger partial charge in [-0.05, 0) is 40.8 Å². The molecule has 1 aliphatic rings. The number of anilines is 1. The first-order valence-corrected chi connectivity index (χ1v) is 20.0. The highest BCUT2D eigenvalue weighted by Crippen LogP contribution is 2.35. The first kappa shape index (κ1) is 48.9. The number of amides is 6. The van der Waals surface area contributed by atoms with Gasteiger partial charge in [-0.25, -0.2) is 14.4 Å². The number of likely N-dealkylation sites (N-methyl/N-ethyl adjacent to an activating group) is 2. The third kappa shape index (κ3) is 16.3. The number of likely N-dealkylation sites (tertiary alicyclic amines) is 1. The normalized spacial score (nSPS) is 13.8. The van der Waals surface area contributed by atoms with Gasteiger partial charge >= 0.3 is 18.3 Å². The van der Waals surface area contributed by atoms with Crippen LogP contribution in [0.2, 0.25) is 0 Å². The molecule has 332 valence electrons. The molecule has 0 radical (unpaired) electrons. The lowest BCUT2D eigenvalue weighted by molar-refractivity contribution is -0.141. The fourth-order valence-electron chi connectivity index (χ4n) is 5.91. The predicted octanol–water partition coefficient (Wildman–Crippen LogP) is 3.66. The number of nitrogens with one attached hydrogen (secondary N) is 1. The number of aliphatic hydroxyl groups is 1. The molecule has 18 nitrogen and oxygen atoms in total. The summed E-state index contributed by atoms with van der Waals surface area (Å²) in [6.45, 7) is 8.95. The summed E-state index contributed by atoms with van der Waals surface area (Å²) < 4.78 is 27.4. The van der Waals surface area contributed by atoms with E-state index in [1.807, 2.05) is 52.1 Å². The Balaban J connectivity index is 1.40. The van der Waals surface area contributed by atoms with E-state index in [1.54, 1.807) is 38.4 Å². The molecule has 0 bridgehead atoms. The van der Waals surface area contributed by atoms with Gasteiger partial charge in [0.15, 0.2) is 0 Å². The molecule has 0 aromatic heterocycles. The van der Waals surface area contributed by atoms with E-state index in [4.69, 9.17) is 28.8 Å². The number of hydrogen-bond donors (Lipinski definition) is 2. The van der Waals surface area contributed by atoms with Gasteiger partial charge in [0.05, 0.1) is 45.5 Å². The SMILES string of the molecule is CNc1ccc(COC(=O)N(C)CCN(CCOCCO)C(=O)Oc2ccc(COC(=O)N(C)CCN(CCOCCN3C(=O)CC(C(C)(C)C)C3=O)C(C)=O)cc2)cc1. The van der Waals surface area contributed by atoms with E-state index in [-0.39, 0.29) is 133 Å². The molecule has 60 heavy (non-hydrogen) atoms. The van der Waals surface area contributed by atoms with E-state index >= 15 is 0 Å². The lowest BCUT2D eigenvalue weighted by atomic mass is 9.80. The van der Waals surface area contributed by atoms with Gasteiger partial charge in [0.2, 0.25) is 17.7 Å². The maximum Gasteiger partial charge on any atom is 0.415 e. The molecule has 1 unspecified atom stereocenters. The predicted molar refractivity (Wildman–Crippen MR) is 221 cm³/mol. The van der Waals surface area contributed by atoms with Crippen molar-refractivity contribution in [2.45, 2.75) is 47.3 Å². The highest BCUT2D eigenvalue weighted by molar-refractivity contribution is 6.03. The summed E-state index contributed by atoms with van der Waals surface area (Å²) in [6.07, 6.45) is -1.64. The Bertz CT molecular complexity index is 1700. The molecule has 1 heterocycles. The zero-order valence-corrected chi connectivity index (χ0v) is 36.0. The average molecular weight is 843 g/mol. The molecule has 1 fully saturated rings. The van der Waals surface area contributed by atoms with E-state index in [0.717, 1.165) is 11.3 Å². The summed E-state index contributed by atoms with van der Waals surface area (Å²) in [5.74, 6) is -0.696. The van der Waals surface area contributed by atoms with Gasteiger partial charge in [0.25, 0.3) is 0 Å². The second-order valence-electron chi connectivity index (χ2n) is 15.4. The summed E-state index contributed by atoms with van der Waals surface area (Å²) in [7, 11) is 4.94. The monoisotopic (exact) mass is 842 g/mol. The van der Waals surface area contributed by atoms with Crippen LogP contribution < -0.4 is 10.1 Å². The van der Waals surface area contributed by atoms with Crippen LogP contribution in [0.15, 0.2) is 48.5 Å². The van der Waals surface area contributed by atoms with Crippen molar-refractivity contribution in [2.75, 3.05) is 105 Å². The van der Waals surface area contributed by atoms with Crippen molar-refractivity contribution < 1.29 is 57.6 Å². The first-order chi connectivity index (χ1) is 28.5. The maximum atomic E-state index is 13.2. The van der Waals surface area contributed by atoms with Crippen molar-refractivity contribution >= 4 is 41.7 Å². The van der Waals surface area contributed by atoms with Crippen LogP contribution in [0.5, 0.6) is 5.75 Å². The van der Waals surface area contributed by atoms with Gasteiger partial charge in [-0.15, -0.1) is 0 Å². The Kier molecular flexibility index (Phi) is 20.0. The van der Waals surface area contributed by atoms with Crippen molar-refractivity contribution in [3.63, 3.8) is 0 Å². The molecule has 2 N–H and O–H groups in total. The van der Waals surface area contributed by atoms with Crippen LogP contribution in [0.1, 0.15) is 45.2 Å². The summed E-state index contributed by atoms with van der Waals surface area (Å²) in [5, 5.41) is 12.1. The fraction of sp³-hybridized carbons (Fsp3) is 0.571. The number of aliphatic hydroxyl groups excluding tert-OH is 1. The molecule has 0 aliphatic carbocycles. The standard InChI is InChI=1S/C42H62N6O12/c1-31(50)46(20-24-56-26-22-48-37(51)28-36(38(48)52)42(2,3)4)18-16-44(6)39(53)59-30-33-10-14-35(15-11-33)60-41(55)47(21-25-57-27-23-49)19-17-45(7)40(54)58-29-32-8-12-34(43-5)13-9-32/h8-15,36,43,49H,16-30H2,1-7H3. The Morgan fingerprint density at radius 1 is 0.733 bits per heavy atom. The van der Waals surface area contributed by atoms with Crippen LogP contribution in [-0.4, -0.2) is 166 Å². The quantitative estimate of drug-likeness (QED) is 0.122. The molecule has 1 aliphatic heterocycles. The van der Waals surface area contributed by atoms with Gasteiger partial charge in [-0.1, -0.05) is 45.0 Å².